The van der Waals surface area contributed by atoms with Gasteiger partial charge in [0.1, 0.15) is 5.82 Å². The van der Waals surface area contributed by atoms with Gasteiger partial charge in [-0.2, -0.15) is 12.5 Å². The second-order valence-electron chi connectivity index (χ2n) is 5.05. The summed E-state index contributed by atoms with van der Waals surface area (Å²) in [6.07, 6.45) is 9.39. The van der Waals surface area contributed by atoms with Crippen LogP contribution in [-0.2, 0) is 4.79 Å². The van der Waals surface area contributed by atoms with E-state index in [2.05, 4.69) is 13.5 Å². The zero-order chi connectivity index (χ0) is 19.0. The molecule has 0 amide bonds. The molecule has 1 aromatic carbocycles. The maximum Gasteiger partial charge on any atom is 2.00 e. The van der Waals surface area contributed by atoms with Crippen molar-refractivity contribution >= 4 is 17.5 Å². The van der Waals surface area contributed by atoms with Crippen LogP contribution in [0.1, 0.15) is 32.3 Å². The molecule has 136 valence electrons. The van der Waals surface area contributed by atoms with Crippen molar-refractivity contribution in [3.8, 4) is 0 Å². The van der Waals surface area contributed by atoms with Crippen molar-refractivity contribution < 1.29 is 44.7 Å². The maximum atomic E-state index is 14.2. The van der Waals surface area contributed by atoms with E-state index in [0.717, 1.165) is 12.5 Å². The number of hydrogen-bond acceptors (Lipinski definition) is 3. The van der Waals surface area contributed by atoms with Crippen molar-refractivity contribution in [1.29, 1.82) is 0 Å². The summed E-state index contributed by atoms with van der Waals surface area (Å²) in [6.45, 7) is 10.6. The number of anilines is 1. The summed E-state index contributed by atoms with van der Waals surface area (Å²) < 4.78 is 28.2. The van der Waals surface area contributed by atoms with Crippen molar-refractivity contribution in [1.82, 2.24) is 4.90 Å². The van der Waals surface area contributed by atoms with Gasteiger partial charge in [0.15, 0.2) is 5.82 Å². The Morgan fingerprint density at radius 1 is 1.35 bits per heavy atom. The SMILES string of the molecule is C=CN1C=C(c2c(F)ccc(N)c2F)C=C/C1=C(\[C-]=O)CCC.[CH2-]C.[U+2]. The van der Waals surface area contributed by atoms with Crippen LogP contribution in [-0.4, -0.2) is 11.2 Å². The molecule has 0 radical (unpaired) electrons. The van der Waals surface area contributed by atoms with Crippen molar-refractivity contribution in [2.75, 3.05) is 5.73 Å². The van der Waals surface area contributed by atoms with Crippen molar-refractivity contribution in [3.63, 3.8) is 0 Å². The molecule has 0 aliphatic carbocycles. The zero-order valence-electron chi connectivity index (χ0n) is 15.0. The Morgan fingerprint density at radius 2 is 2.00 bits per heavy atom. The fraction of sp³-hybridized carbons (Fsp3) is 0.200. The summed E-state index contributed by atoms with van der Waals surface area (Å²) in [6, 6.07) is 2.30. The van der Waals surface area contributed by atoms with Crippen LogP contribution in [0, 0.1) is 49.7 Å². The molecule has 6 heteroatoms. The van der Waals surface area contributed by atoms with Crippen molar-refractivity contribution in [2.24, 2.45) is 0 Å². The van der Waals surface area contributed by atoms with Crippen LogP contribution in [0.25, 0.3) is 5.57 Å². The van der Waals surface area contributed by atoms with Gasteiger partial charge >= 0.3 is 31.1 Å². The molecule has 0 spiro atoms. The first kappa shape index (κ1) is 24.4. The van der Waals surface area contributed by atoms with Gasteiger partial charge in [0.25, 0.3) is 0 Å². The third-order valence-electron chi connectivity index (χ3n) is 3.52. The first-order valence-electron chi connectivity index (χ1n) is 7.90. The van der Waals surface area contributed by atoms with E-state index in [1.165, 1.54) is 18.5 Å². The molecule has 1 aliphatic rings. The first-order valence-corrected chi connectivity index (χ1v) is 7.90. The second-order valence-corrected chi connectivity index (χ2v) is 5.05. The van der Waals surface area contributed by atoms with Gasteiger partial charge in [0.05, 0.1) is 11.3 Å². The van der Waals surface area contributed by atoms with Gasteiger partial charge in [-0.05, 0) is 30.8 Å². The first-order chi connectivity index (χ1) is 12.0. The number of rotatable bonds is 5. The quantitative estimate of drug-likeness (QED) is 0.305. The molecule has 3 nitrogen and oxygen atoms in total. The molecular weight excluding hydrogens is 560 g/mol. The van der Waals surface area contributed by atoms with Crippen LogP contribution in [0.15, 0.2) is 54.5 Å². The largest absolute Gasteiger partial charge is 2.00 e. The molecule has 0 fully saturated rings. The van der Waals surface area contributed by atoms with Crippen LogP contribution in [0.3, 0.4) is 0 Å². The minimum absolute atomic E-state index is 0. The predicted molar refractivity (Wildman–Crippen MR) is 98.6 cm³/mol. The van der Waals surface area contributed by atoms with E-state index >= 15 is 0 Å². The smallest absolute Gasteiger partial charge is 0.419 e. The van der Waals surface area contributed by atoms with Gasteiger partial charge in [0, 0.05) is 5.57 Å². The van der Waals surface area contributed by atoms with E-state index in [-0.39, 0.29) is 42.4 Å². The molecule has 26 heavy (non-hydrogen) atoms. The van der Waals surface area contributed by atoms with Gasteiger partial charge in [-0.1, -0.05) is 38.1 Å². The summed E-state index contributed by atoms with van der Waals surface area (Å²) in [5, 5.41) is 0. The van der Waals surface area contributed by atoms with E-state index < -0.39 is 11.6 Å². The van der Waals surface area contributed by atoms with Crippen LogP contribution in [0.4, 0.5) is 14.5 Å². The van der Waals surface area contributed by atoms with Crippen molar-refractivity contribution in [2.45, 2.75) is 26.7 Å². The zero-order valence-corrected chi connectivity index (χ0v) is 19.1. The topological polar surface area (TPSA) is 46.3 Å². The van der Waals surface area contributed by atoms with Gasteiger partial charge in [-0.3, -0.25) is 0 Å². The number of allylic oxidation sites excluding steroid dienone is 4. The number of benzene rings is 1. The van der Waals surface area contributed by atoms with Gasteiger partial charge in [-0.15, -0.1) is 6.08 Å². The number of carbonyl (C=O) groups excluding carboxylic acids is 1. The number of nitrogens with two attached hydrogens (primary N) is 1. The molecule has 0 aromatic heterocycles. The average Bonchev–Trinajstić information content (AvgIpc) is 2.65. The number of nitrogen functional groups attached to an aromatic ring is 1. The Balaban J connectivity index is 0.00000201. The Labute approximate surface area is 177 Å². The fourth-order valence-corrected chi connectivity index (χ4v) is 2.39. The molecule has 0 atom stereocenters. The molecule has 1 heterocycles. The predicted octanol–water partition coefficient (Wildman–Crippen LogP) is 4.91. The minimum Gasteiger partial charge on any atom is -0.419 e. The minimum atomic E-state index is -0.812. The summed E-state index contributed by atoms with van der Waals surface area (Å²) >= 11 is 0. The summed E-state index contributed by atoms with van der Waals surface area (Å²) in [5.74, 6) is -1.52. The Kier molecular flexibility index (Phi) is 11.1. The average molecular weight is 582 g/mol. The standard InChI is InChI=1S/C18H17F2N2O.C2H5.U/c1-3-5-13(11-23)16-9-6-12(10-22(16)4-2)17-14(19)7-8-15(21)18(17)20;1-2;/h4,6-10H,2-3,5,21H2,1H3;1H2,2H3;/q2*-1;+2/b16-13+;;. The van der Waals surface area contributed by atoms with Crippen LogP contribution in [0.2, 0.25) is 0 Å². The van der Waals surface area contributed by atoms with Crippen LogP contribution < -0.4 is 5.73 Å². The van der Waals surface area contributed by atoms with E-state index in [1.807, 2.05) is 13.2 Å². The molecule has 1 aromatic rings. The summed E-state index contributed by atoms with van der Waals surface area (Å²) in [4.78, 5) is 12.7. The van der Waals surface area contributed by atoms with E-state index in [9.17, 15) is 13.6 Å². The summed E-state index contributed by atoms with van der Waals surface area (Å²) in [5.41, 5.74) is 6.54. The molecular formula is C20H22F2N2OU. The maximum absolute atomic E-state index is 14.2. The monoisotopic (exact) mass is 582 g/mol. The van der Waals surface area contributed by atoms with Crippen LogP contribution in [0.5, 0.6) is 0 Å². The van der Waals surface area contributed by atoms with E-state index in [4.69, 9.17) is 5.73 Å². The van der Waals surface area contributed by atoms with E-state index in [1.54, 1.807) is 24.0 Å². The summed E-state index contributed by atoms with van der Waals surface area (Å²) in [7, 11) is 0. The molecule has 0 unspecified atom stereocenters. The number of nitrogens with zero attached hydrogens (tertiary/aromatic N) is 1. The molecule has 2 N–H and O–H groups in total. The molecule has 0 bridgehead atoms. The Morgan fingerprint density at radius 3 is 2.54 bits per heavy atom. The fourth-order valence-electron chi connectivity index (χ4n) is 2.39. The van der Waals surface area contributed by atoms with Gasteiger partial charge < -0.3 is 22.4 Å². The number of hydrogen-bond donors (Lipinski definition) is 1. The Bertz CT molecular complexity index is 740. The number of halogens is 2. The van der Waals surface area contributed by atoms with Crippen LogP contribution >= 0.6 is 0 Å². The second kappa shape index (κ2) is 11.9. The Hall–Kier alpha value is -1.64. The van der Waals surface area contributed by atoms with Gasteiger partial charge in [0.2, 0.25) is 0 Å². The molecule has 2 rings (SSSR count). The van der Waals surface area contributed by atoms with E-state index in [0.29, 0.717) is 23.3 Å². The molecule has 0 saturated carbocycles. The van der Waals surface area contributed by atoms with Crippen molar-refractivity contribution in [3.05, 3.63) is 78.7 Å². The normalized spacial score (nSPS) is 14.5. The molecule has 1 aliphatic heterocycles. The molecule has 0 saturated heterocycles. The third-order valence-corrected chi connectivity index (χ3v) is 3.52. The third kappa shape index (κ3) is 5.43. The van der Waals surface area contributed by atoms with Gasteiger partial charge in [-0.25, -0.2) is 8.78 Å².